The fourth-order valence-corrected chi connectivity index (χ4v) is 2.49. The minimum Gasteiger partial charge on any atom is -0.349 e. The molecule has 2 aromatic rings. The van der Waals surface area contributed by atoms with E-state index < -0.39 is 0 Å². The lowest BCUT2D eigenvalue weighted by atomic mass is 10.1. The highest BCUT2D eigenvalue weighted by atomic mass is 79.9. The van der Waals surface area contributed by atoms with Gasteiger partial charge in [0.25, 0.3) is 5.91 Å². The second-order valence-corrected chi connectivity index (χ2v) is 5.68. The van der Waals surface area contributed by atoms with Crippen LogP contribution in [0.4, 0.5) is 0 Å². The van der Waals surface area contributed by atoms with Crippen molar-refractivity contribution in [2.24, 2.45) is 0 Å². The highest BCUT2D eigenvalue weighted by Gasteiger charge is 2.14. The van der Waals surface area contributed by atoms with Crippen LogP contribution in [-0.4, -0.2) is 22.2 Å². The molecule has 2 rings (SSSR count). The van der Waals surface area contributed by atoms with Crippen molar-refractivity contribution in [1.82, 2.24) is 15.1 Å². The third-order valence-electron chi connectivity index (χ3n) is 3.04. The number of halogens is 1. The third-order valence-corrected chi connectivity index (χ3v) is 3.89. The smallest absolute Gasteiger partial charge is 0.269 e. The molecule has 1 amide bonds. The molecule has 20 heavy (non-hydrogen) atoms. The molecule has 1 unspecified atom stereocenters. The Morgan fingerprint density at radius 2 is 2.10 bits per heavy atom. The summed E-state index contributed by atoms with van der Waals surface area (Å²) in [5, 5.41) is 7.22. The van der Waals surface area contributed by atoms with E-state index in [9.17, 15) is 4.79 Å². The third kappa shape index (κ3) is 3.48. The first-order valence-electron chi connectivity index (χ1n) is 6.63. The van der Waals surface area contributed by atoms with Crippen LogP contribution in [0, 0.1) is 6.92 Å². The molecule has 0 spiro atoms. The average Bonchev–Trinajstić information content (AvgIpc) is 2.86. The standard InChI is InChI=1S/C15H18BrN3O/c1-3-19-14(9-11(2)18-19)15(20)17-10-13(16)12-7-5-4-6-8-12/h4-9,13H,3,10H2,1-2H3,(H,17,20). The number of alkyl halides is 1. The first kappa shape index (κ1) is 14.8. The number of amides is 1. The van der Waals surface area contributed by atoms with E-state index >= 15 is 0 Å². The number of rotatable bonds is 5. The zero-order valence-electron chi connectivity index (χ0n) is 11.6. The lowest BCUT2D eigenvalue weighted by molar-refractivity contribution is 0.0943. The summed E-state index contributed by atoms with van der Waals surface area (Å²) in [6.45, 7) is 5.09. The van der Waals surface area contributed by atoms with Crippen LogP contribution in [0.3, 0.4) is 0 Å². The van der Waals surface area contributed by atoms with Gasteiger partial charge in [-0.05, 0) is 25.5 Å². The van der Waals surface area contributed by atoms with Crippen LogP contribution in [0.25, 0.3) is 0 Å². The normalized spacial score (nSPS) is 12.2. The topological polar surface area (TPSA) is 46.9 Å². The fourth-order valence-electron chi connectivity index (χ4n) is 2.02. The molecule has 1 aromatic heterocycles. The van der Waals surface area contributed by atoms with E-state index in [0.717, 1.165) is 11.3 Å². The summed E-state index contributed by atoms with van der Waals surface area (Å²) in [6.07, 6.45) is 0. The highest BCUT2D eigenvalue weighted by Crippen LogP contribution is 2.21. The molecule has 0 aliphatic heterocycles. The Bertz CT molecular complexity index is 580. The summed E-state index contributed by atoms with van der Waals surface area (Å²) in [5.74, 6) is -0.0900. The molecule has 0 aliphatic rings. The van der Waals surface area contributed by atoms with Gasteiger partial charge in [-0.15, -0.1) is 0 Å². The van der Waals surface area contributed by atoms with Gasteiger partial charge in [0.15, 0.2) is 0 Å². The number of carbonyl (C=O) groups is 1. The first-order chi connectivity index (χ1) is 9.61. The minimum atomic E-state index is -0.0900. The number of nitrogens with one attached hydrogen (secondary N) is 1. The van der Waals surface area contributed by atoms with Crippen LogP contribution in [0.15, 0.2) is 36.4 Å². The largest absolute Gasteiger partial charge is 0.349 e. The summed E-state index contributed by atoms with van der Waals surface area (Å²) < 4.78 is 1.72. The Kier molecular flexibility index (Phi) is 4.95. The van der Waals surface area contributed by atoms with Gasteiger partial charge in [0.2, 0.25) is 0 Å². The van der Waals surface area contributed by atoms with Crippen LogP contribution in [0.1, 0.15) is 33.5 Å². The van der Waals surface area contributed by atoms with E-state index in [2.05, 4.69) is 26.3 Å². The number of hydrogen-bond acceptors (Lipinski definition) is 2. The van der Waals surface area contributed by atoms with Gasteiger partial charge in [0, 0.05) is 13.1 Å². The zero-order valence-corrected chi connectivity index (χ0v) is 13.2. The van der Waals surface area contributed by atoms with Crippen molar-refractivity contribution < 1.29 is 4.79 Å². The number of hydrogen-bond donors (Lipinski definition) is 1. The van der Waals surface area contributed by atoms with E-state index in [1.807, 2.05) is 50.2 Å². The summed E-state index contributed by atoms with van der Waals surface area (Å²) >= 11 is 3.59. The van der Waals surface area contributed by atoms with Crippen molar-refractivity contribution in [2.45, 2.75) is 25.2 Å². The minimum absolute atomic E-state index is 0.0900. The molecule has 4 nitrogen and oxygen atoms in total. The van der Waals surface area contributed by atoms with Crippen molar-refractivity contribution in [3.63, 3.8) is 0 Å². The average molecular weight is 336 g/mol. The molecule has 0 saturated carbocycles. The van der Waals surface area contributed by atoms with Crippen LogP contribution >= 0.6 is 15.9 Å². The predicted molar refractivity (Wildman–Crippen MR) is 83.1 cm³/mol. The molecule has 1 aromatic carbocycles. The van der Waals surface area contributed by atoms with Crippen molar-refractivity contribution in [3.8, 4) is 0 Å². The Hall–Kier alpha value is -1.62. The number of nitrogens with zero attached hydrogens (tertiary/aromatic N) is 2. The summed E-state index contributed by atoms with van der Waals surface area (Å²) in [5.41, 5.74) is 2.61. The zero-order chi connectivity index (χ0) is 14.5. The van der Waals surface area contributed by atoms with E-state index in [1.165, 1.54) is 0 Å². The summed E-state index contributed by atoms with van der Waals surface area (Å²) in [7, 11) is 0. The summed E-state index contributed by atoms with van der Waals surface area (Å²) in [4.78, 5) is 12.3. The first-order valence-corrected chi connectivity index (χ1v) is 7.55. The van der Waals surface area contributed by atoms with E-state index in [0.29, 0.717) is 18.8 Å². The Labute approximate surface area is 127 Å². The number of carbonyl (C=O) groups excluding carboxylic acids is 1. The quantitative estimate of drug-likeness (QED) is 0.853. The maximum absolute atomic E-state index is 12.2. The van der Waals surface area contributed by atoms with Gasteiger partial charge in [-0.1, -0.05) is 46.3 Å². The van der Waals surface area contributed by atoms with Crippen molar-refractivity contribution in [1.29, 1.82) is 0 Å². The monoisotopic (exact) mass is 335 g/mol. The van der Waals surface area contributed by atoms with E-state index in [-0.39, 0.29) is 10.7 Å². The van der Waals surface area contributed by atoms with Crippen LogP contribution in [0.2, 0.25) is 0 Å². The molecular weight excluding hydrogens is 318 g/mol. The van der Waals surface area contributed by atoms with Gasteiger partial charge < -0.3 is 5.32 Å². The molecule has 1 atom stereocenters. The van der Waals surface area contributed by atoms with Gasteiger partial charge in [0.1, 0.15) is 5.69 Å². The van der Waals surface area contributed by atoms with Gasteiger partial charge >= 0.3 is 0 Å². The highest BCUT2D eigenvalue weighted by molar-refractivity contribution is 9.09. The van der Waals surface area contributed by atoms with Gasteiger partial charge in [-0.25, -0.2) is 0 Å². The van der Waals surface area contributed by atoms with Crippen LogP contribution < -0.4 is 5.32 Å². The van der Waals surface area contributed by atoms with Gasteiger partial charge in [0.05, 0.1) is 10.5 Å². The number of benzene rings is 1. The Morgan fingerprint density at radius 3 is 2.75 bits per heavy atom. The molecule has 1 N–H and O–H groups in total. The molecule has 0 saturated heterocycles. The van der Waals surface area contributed by atoms with Crippen molar-refractivity contribution >= 4 is 21.8 Å². The maximum Gasteiger partial charge on any atom is 0.269 e. The maximum atomic E-state index is 12.2. The van der Waals surface area contributed by atoms with Gasteiger partial charge in [-0.3, -0.25) is 9.48 Å². The molecule has 106 valence electrons. The van der Waals surface area contributed by atoms with Crippen LogP contribution in [0.5, 0.6) is 0 Å². The van der Waals surface area contributed by atoms with E-state index in [4.69, 9.17) is 0 Å². The molecule has 5 heteroatoms. The van der Waals surface area contributed by atoms with Crippen molar-refractivity contribution in [3.05, 3.63) is 53.3 Å². The van der Waals surface area contributed by atoms with Gasteiger partial charge in [-0.2, -0.15) is 5.10 Å². The molecule has 0 fully saturated rings. The predicted octanol–water partition coefficient (Wildman–Crippen LogP) is 3.08. The summed E-state index contributed by atoms with van der Waals surface area (Å²) in [6, 6.07) is 11.8. The fraction of sp³-hybridized carbons (Fsp3) is 0.333. The van der Waals surface area contributed by atoms with Crippen LogP contribution in [-0.2, 0) is 6.54 Å². The number of aromatic nitrogens is 2. The molecular formula is C15H18BrN3O. The molecule has 0 bridgehead atoms. The second-order valence-electron chi connectivity index (χ2n) is 4.57. The second kappa shape index (κ2) is 6.70. The Morgan fingerprint density at radius 1 is 1.40 bits per heavy atom. The van der Waals surface area contributed by atoms with E-state index in [1.54, 1.807) is 4.68 Å². The molecule has 1 heterocycles. The lowest BCUT2D eigenvalue weighted by Gasteiger charge is -2.12. The Balaban J connectivity index is 1.98. The van der Waals surface area contributed by atoms with Crippen molar-refractivity contribution in [2.75, 3.05) is 6.54 Å². The molecule has 0 aliphatic carbocycles. The molecule has 0 radical (unpaired) electrons. The number of aryl methyl sites for hydroxylation is 2. The SMILES string of the molecule is CCn1nc(C)cc1C(=O)NCC(Br)c1ccccc1. The lowest BCUT2D eigenvalue weighted by Crippen LogP contribution is -2.28.